The largest absolute Gasteiger partial charge is 0.313 e. The smallest absolute Gasteiger partial charge is 0.212 e. The molecule has 0 aliphatic heterocycles. The first-order valence-electron chi connectivity index (χ1n) is 7.26. The van der Waals surface area contributed by atoms with E-state index in [-0.39, 0.29) is 5.75 Å². The van der Waals surface area contributed by atoms with Crippen molar-refractivity contribution >= 4 is 10.0 Å². The van der Waals surface area contributed by atoms with Crippen molar-refractivity contribution in [1.82, 2.24) is 10.0 Å². The van der Waals surface area contributed by atoms with Crippen LogP contribution in [0.15, 0.2) is 0 Å². The van der Waals surface area contributed by atoms with Crippen LogP contribution in [0.25, 0.3) is 0 Å². The highest BCUT2D eigenvalue weighted by molar-refractivity contribution is 7.89. The molecule has 0 radical (unpaired) electrons. The molecular weight excluding hydrogens is 248 g/mol. The second-order valence-electron chi connectivity index (χ2n) is 6.03. The maximum Gasteiger partial charge on any atom is 0.212 e. The fourth-order valence-corrected chi connectivity index (χ4v) is 3.77. The molecule has 2 rings (SSSR count). The summed E-state index contributed by atoms with van der Waals surface area (Å²) in [5.41, 5.74) is 0. The molecule has 0 aromatic carbocycles. The fourth-order valence-electron chi connectivity index (χ4n) is 2.75. The van der Waals surface area contributed by atoms with E-state index in [2.05, 4.69) is 17.0 Å². The standard InChI is InChI=1S/C13H26N2O2S/c1-11-3-2-4-12(9-11)10-15-18(16,17)8-7-14-13-5-6-13/h11-15H,2-10H2,1H3. The van der Waals surface area contributed by atoms with Gasteiger partial charge in [0.2, 0.25) is 10.0 Å². The van der Waals surface area contributed by atoms with Gasteiger partial charge in [-0.25, -0.2) is 13.1 Å². The van der Waals surface area contributed by atoms with E-state index in [1.165, 1.54) is 38.5 Å². The van der Waals surface area contributed by atoms with E-state index in [0.29, 0.717) is 25.0 Å². The van der Waals surface area contributed by atoms with Gasteiger partial charge in [0.25, 0.3) is 0 Å². The Labute approximate surface area is 111 Å². The van der Waals surface area contributed by atoms with Crippen LogP contribution in [0, 0.1) is 11.8 Å². The van der Waals surface area contributed by atoms with E-state index in [0.717, 1.165) is 5.92 Å². The first-order chi connectivity index (χ1) is 8.55. The number of sulfonamides is 1. The normalized spacial score (nSPS) is 29.4. The molecule has 2 atom stereocenters. The lowest BCUT2D eigenvalue weighted by atomic mass is 9.83. The zero-order chi connectivity index (χ0) is 13.0. The molecule has 0 bridgehead atoms. The second kappa shape index (κ2) is 6.35. The summed E-state index contributed by atoms with van der Waals surface area (Å²) in [5, 5.41) is 3.24. The van der Waals surface area contributed by atoms with Crippen LogP contribution in [0.3, 0.4) is 0 Å². The maximum absolute atomic E-state index is 11.8. The Kier molecular flexibility index (Phi) is 5.04. The Morgan fingerprint density at radius 3 is 2.61 bits per heavy atom. The van der Waals surface area contributed by atoms with Crippen molar-refractivity contribution in [2.75, 3.05) is 18.8 Å². The van der Waals surface area contributed by atoms with E-state index < -0.39 is 10.0 Å². The fraction of sp³-hybridized carbons (Fsp3) is 1.00. The van der Waals surface area contributed by atoms with Crippen molar-refractivity contribution in [2.24, 2.45) is 11.8 Å². The van der Waals surface area contributed by atoms with E-state index in [4.69, 9.17) is 0 Å². The molecule has 4 nitrogen and oxygen atoms in total. The van der Waals surface area contributed by atoms with E-state index in [1.54, 1.807) is 0 Å². The Balaban J connectivity index is 1.63. The average molecular weight is 274 g/mol. The van der Waals surface area contributed by atoms with Crippen LogP contribution < -0.4 is 10.0 Å². The van der Waals surface area contributed by atoms with Gasteiger partial charge in [-0.3, -0.25) is 0 Å². The number of hydrogen-bond donors (Lipinski definition) is 2. The highest BCUT2D eigenvalue weighted by Gasteiger charge is 2.23. The van der Waals surface area contributed by atoms with Gasteiger partial charge < -0.3 is 5.32 Å². The van der Waals surface area contributed by atoms with Crippen molar-refractivity contribution in [3.8, 4) is 0 Å². The molecule has 0 aromatic rings. The maximum atomic E-state index is 11.8. The van der Waals surface area contributed by atoms with Crippen molar-refractivity contribution in [2.45, 2.75) is 51.5 Å². The van der Waals surface area contributed by atoms with Crippen molar-refractivity contribution < 1.29 is 8.42 Å². The average Bonchev–Trinajstić information content (AvgIpc) is 3.11. The quantitative estimate of drug-likeness (QED) is 0.739. The van der Waals surface area contributed by atoms with Crippen molar-refractivity contribution in [1.29, 1.82) is 0 Å². The van der Waals surface area contributed by atoms with Gasteiger partial charge in [0.1, 0.15) is 0 Å². The number of hydrogen-bond acceptors (Lipinski definition) is 3. The van der Waals surface area contributed by atoms with Crippen LogP contribution >= 0.6 is 0 Å². The van der Waals surface area contributed by atoms with Crippen molar-refractivity contribution in [3.05, 3.63) is 0 Å². The summed E-state index contributed by atoms with van der Waals surface area (Å²) in [6.45, 7) is 3.48. The van der Waals surface area contributed by atoms with Crippen LogP contribution in [0.2, 0.25) is 0 Å². The van der Waals surface area contributed by atoms with Crippen molar-refractivity contribution in [3.63, 3.8) is 0 Å². The molecule has 2 aliphatic rings. The summed E-state index contributed by atoms with van der Waals surface area (Å²) in [5.74, 6) is 1.51. The van der Waals surface area contributed by atoms with E-state index >= 15 is 0 Å². The lowest BCUT2D eigenvalue weighted by Crippen LogP contribution is -2.36. The highest BCUT2D eigenvalue weighted by Crippen LogP contribution is 2.28. The van der Waals surface area contributed by atoms with E-state index in [1.807, 2.05) is 0 Å². The van der Waals surface area contributed by atoms with E-state index in [9.17, 15) is 8.42 Å². The topological polar surface area (TPSA) is 58.2 Å². The number of rotatable bonds is 7. The first-order valence-corrected chi connectivity index (χ1v) is 8.91. The van der Waals surface area contributed by atoms with Gasteiger partial charge in [0.05, 0.1) is 5.75 Å². The molecule has 5 heteroatoms. The molecular formula is C13H26N2O2S. The molecule has 106 valence electrons. The molecule has 18 heavy (non-hydrogen) atoms. The Hall–Kier alpha value is -0.130. The van der Waals surface area contributed by atoms with Crippen LogP contribution in [-0.4, -0.2) is 33.3 Å². The minimum atomic E-state index is -3.08. The molecule has 2 aliphatic carbocycles. The van der Waals surface area contributed by atoms with Gasteiger partial charge in [-0.05, 0) is 37.5 Å². The molecule has 0 aromatic heterocycles. The van der Waals surface area contributed by atoms with Crippen LogP contribution in [-0.2, 0) is 10.0 Å². The SMILES string of the molecule is CC1CCCC(CNS(=O)(=O)CCNC2CC2)C1. The third-order valence-electron chi connectivity index (χ3n) is 4.02. The summed E-state index contributed by atoms with van der Waals surface area (Å²) in [7, 11) is -3.08. The molecule has 0 saturated heterocycles. The van der Waals surface area contributed by atoms with Gasteiger partial charge in [0, 0.05) is 19.1 Å². The van der Waals surface area contributed by atoms with Crippen LogP contribution in [0.5, 0.6) is 0 Å². The Bertz CT molecular complexity index is 352. The molecule has 2 N–H and O–H groups in total. The summed E-state index contributed by atoms with van der Waals surface area (Å²) < 4.78 is 26.4. The Morgan fingerprint density at radius 1 is 1.17 bits per heavy atom. The molecule has 2 fully saturated rings. The predicted molar refractivity (Wildman–Crippen MR) is 73.9 cm³/mol. The lowest BCUT2D eigenvalue weighted by molar-refractivity contribution is 0.283. The monoisotopic (exact) mass is 274 g/mol. The van der Waals surface area contributed by atoms with Gasteiger partial charge >= 0.3 is 0 Å². The molecule has 0 heterocycles. The number of nitrogens with one attached hydrogen (secondary N) is 2. The molecule has 0 spiro atoms. The summed E-state index contributed by atoms with van der Waals surface area (Å²) >= 11 is 0. The summed E-state index contributed by atoms with van der Waals surface area (Å²) in [4.78, 5) is 0. The second-order valence-corrected chi connectivity index (χ2v) is 7.96. The third kappa shape index (κ3) is 5.24. The van der Waals surface area contributed by atoms with Gasteiger partial charge in [0.15, 0.2) is 0 Å². The summed E-state index contributed by atoms with van der Waals surface area (Å²) in [6, 6.07) is 0.583. The molecule has 2 saturated carbocycles. The third-order valence-corrected chi connectivity index (χ3v) is 5.37. The van der Waals surface area contributed by atoms with Gasteiger partial charge in [-0.1, -0.05) is 19.8 Å². The zero-order valence-corrected chi connectivity index (χ0v) is 12.1. The van der Waals surface area contributed by atoms with Crippen LogP contribution in [0.1, 0.15) is 45.4 Å². The first kappa shape index (κ1) is 14.3. The molecule has 2 unspecified atom stereocenters. The molecule has 0 amide bonds. The zero-order valence-electron chi connectivity index (χ0n) is 11.3. The minimum Gasteiger partial charge on any atom is -0.313 e. The highest BCUT2D eigenvalue weighted by atomic mass is 32.2. The minimum absolute atomic E-state index is 0.214. The van der Waals surface area contributed by atoms with Gasteiger partial charge in [-0.2, -0.15) is 0 Å². The van der Waals surface area contributed by atoms with Crippen LogP contribution in [0.4, 0.5) is 0 Å². The summed E-state index contributed by atoms with van der Waals surface area (Å²) in [6.07, 6.45) is 7.29. The lowest BCUT2D eigenvalue weighted by Gasteiger charge is -2.26. The Morgan fingerprint density at radius 2 is 1.94 bits per heavy atom. The predicted octanol–water partition coefficient (Wildman–Crippen LogP) is 1.48. The van der Waals surface area contributed by atoms with Gasteiger partial charge in [-0.15, -0.1) is 0 Å².